The Bertz CT molecular complexity index is 176. The molecule has 2 N–H and O–H groups in total. The van der Waals surface area contributed by atoms with Gasteiger partial charge < -0.3 is 10.2 Å². The van der Waals surface area contributed by atoms with Crippen molar-refractivity contribution in [1.29, 1.82) is 0 Å². The molecule has 0 aromatic carbocycles. The SMILES string of the molecule is O=C(O)O.O=C1CCCCC1=O. The van der Waals surface area contributed by atoms with Gasteiger partial charge in [0.2, 0.25) is 0 Å². The Hall–Kier alpha value is -1.39. The molecule has 1 aliphatic rings. The lowest BCUT2D eigenvalue weighted by molar-refractivity contribution is -0.137. The van der Waals surface area contributed by atoms with Gasteiger partial charge in [0.25, 0.3) is 0 Å². The van der Waals surface area contributed by atoms with Crippen LogP contribution in [0.4, 0.5) is 4.79 Å². The van der Waals surface area contributed by atoms with Crippen LogP contribution in [0.25, 0.3) is 0 Å². The third-order valence-corrected chi connectivity index (χ3v) is 1.37. The average Bonchev–Trinajstić information content (AvgIpc) is 1.94. The fraction of sp³-hybridized carbons (Fsp3) is 0.571. The summed E-state index contributed by atoms with van der Waals surface area (Å²) in [5, 5.41) is 13.9. The topological polar surface area (TPSA) is 91.7 Å². The summed E-state index contributed by atoms with van der Waals surface area (Å²) in [4.78, 5) is 29.4. The van der Waals surface area contributed by atoms with Gasteiger partial charge in [-0.05, 0) is 12.8 Å². The second-order valence-electron chi connectivity index (χ2n) is 2.34. The largest absolute Gasteiger partial charge is 0.503 e. The molecule has 1 fully saturated rings. The van der Waals surface area contributed by atoms with E-state index < -0.39 is 6.16 Å². The van der Waals surface area contributed by atoms with E-state index in [-0.39, 0.29) is 11.6 Å². The van der Waals surface area contributed by atoms with Crippen molar-refractivity contribution in [2.24, 2.45) is 0 Å². The Labute approximate surface area is 69.0 Å². The van der Waals surface area contributed by atoms with E-state index in [4.69, 9.17) is 15.0 Å². The van der Waals surface area contributed by atoms with Gasteiger partial charge in [0.1, 0.15) is 0 Å². The molecule has 0 amide bonds. The molecule has 12 heavy (non-hydrogen) atoms. The van der Waals surface area contributed by atoms with Gasteiger partial charge >= 0.3 is 6.16 Å². The maximum absolute atomic E-state index is 10.4. The first-order valence-corrected chi connectivity index (χ1v) is 3.52. The Balaban J connectivity index is 0.000000261. The molecule has 5 heteroatoms. The van der Waals surface area contributed by atoms with Crippen LogP contribution in [0.2, 0.25) is 0 Å². The number of carbonyl (C=O) groups excluding carboxylic acids is 2. The van der Waals surface area contributed by atoms with Crippen LogP contribution in [0.15, 0.2) is 0 Å². The van der Waals surface area contributed by atoms with Crippen molar-refractivity contribution in [3.05, 3.63) is 0 Å². The normalized spacial score (nSPS) is 16.3. The van der Waals surface area contributed by atoms with E-state index in [9.17, 15) is 9.59 Å². The van der Waals surface area contributed by atoms with Crippen molar-refractivity contribution in [3.63, 3.8) is 0 Å². The standard InChI is InChI=1S/C6H8O2.CH2O3/c7-5-3-1-2-4-6(5)8;2-1(3)4/h1-4H2;(H2,2,3,4). The quantitative estimate of drug-likeness (QED) is 0.533. The van der Waals surface area contributed by atoms with Crippen LogP contribution in [-0.2, 0) is 9.59 Å². The maximum Gasteiger partial charge on any atom is 0.503 e. The first-order chi connectivity index (χ1) is 5.54. The first-order valence-electron chi connectivity index (χ1n) is 3.52. The van der Waals surface area contributed by atoms with E-state index in [0.717, 1.165) is 12.8 Å². The van der Waals surface area contributed by atoms with Gasteiger partial charge in [-0.3, -0.25) is 9.59 Å². The smallest absolute Gasteiger partial charge is 0.450 e. The van der Waals surface area contributed by atoms with Gasteiger partial charge in [0, 0.05) is 12.8 Å². The lowest BCUT2D eigenvalue weighted by Gasteiger charge is -2.04. The van der Waals surface area contributed by atoms with Crippen LogP contribution >= 0.6 is 0 Å². The van der Waals surface area contributed by atoms with Crippen molar-refractivity contribution in [2.75, 3.05) is 0 Å². The van der Waals surface area contributed by atoms with Crippen LogP contribution in [0.5, 0.6) is 0 Å². The van der Waals surface area contributed by atoms with Crippen LogP contribution in [0.1, 0.15) is 25.7 Å². The number of rotatable bonds is 0. The van der Waals surface area contributed by atoms with Crippen LogP contribution in [0, 0.1) is 0 Å². The monoisotopic (exact) mass is 174 g/mol. The van der Waals surface area contributed by atoms with Crippen molar-refractivity contribution in [3.8, 4) is 0 Å². The van der Waals surface area contributed by atoms with E-state index in [1.165, 1.54) is 0 Å². The van der Waals surface area contributed by atoms with Gasteiger partial charge in [-0.2, -0.15) is 0 Å². The van der Waals surface area contributed by atoms with Gasteiger partial charge in [0.05, 0.1) is 0 Å². The molecular weight excluding hydrogens is 164 g/mol. The van der Waals surface area contributed by atoms with Crippen molar-refractivity contribution >= 4 is 17.7 Å². The molecule has 0 aromatic rings. The van der Waals surface area contributed by atoms with E-state index in [1.807, 2.05) is 0 Å². The lowest BCUT2D eigenvalue weighted by Crippen LogP contribution is -2.17. The molecule has 68 valence electrons. The Morgan fingerprint density at radius 1 is 1.00 bits per heavy atom. The minimum Gasteiger partial charge on any atom is -0.450 e. The summed E-state index contributed by atoms with van der Waals surface area (Å²) in [5.74, 6) is -0.340. The molecule has 0 heterocycles. The molecule has 0 saturated heterocycles. The van der Waals surface area contributed by atoms with Crippen LogP contribution in [0.3, 0.4) is 0 Å². The number of ketones is 2. The molecular formula is C7H10O5. The third-order valence-electron chi connectivity index (χ3n) is 1.37. The summed E-state index contributed by atoms with van der Waals surface area (Å²) >= 11 is 0. The molecule has 0 radical (unpaired) electrons. The van der Waals surface area contributed by atoms with E-state index >= 15 is 0 Å². The minimum atomic E-state index is -1.83. The molecule has 1 saturated carbocycles. The van der Waals surface area contributed by atoms with Crippen LogP contribution in [-0.4, -0.2) is 27.9 Å². The first kappa shape index (κ1) is 10.6. The zero-order chi connectivity index (χ0) is 9.56. The van der Waals surface area contributed by atoms with Crippen molar-refractivity contribution < 1.29 is 24.6 Å². The van der Waals surface area contributed by atoms with Gasteiger partial charge in [-0.15, -0.1) is 0 Å². The highest BCUT2D eigenvalue weighted by Crippen LogP contribution is 2.09. The predicted octanol–water partition coefficient (Wildman–Crippen LogP) is 0.921. The summed E-state index contributed by atoms with van der Waals surface area (Å²) < 4.78 is 0. The van der Waals surface area contributed by atoms with Gasteiger partial charge in [0.15, 0.2) is 11.6 Å². The Kier molecular flexibility index (Phi) is 4.67. The zero-order valence-electron chi connectivity index (χ0n) is 6.45. The summed E-state index contributed by atoms with van der Waals surface area (Å²) in [7, 11) is 0. The summed E-state index contributed by atoms with van der Waals surface area (Å²) in [5.41, 5.74) is 0. The molecule has 1 aliphatic carbocycles. The maximum atomic E-state index is 10.4. The lowest BCUT2D eigenvalue weighted by atomic mass is 9.98. The van der Waals surface area contributed by atoms with Gasteiger partial charge in [-0.1, -0.05) is 0 Å². The van der Waals surface area contributed by atoms with Gasteiger partial charge in [-0.25, -0.2) is 4.79 Å². The molecule has 0 atom stereocenters. The van der Waals surface area contributed by atoms with Crippen molar-refractivity contribution in [2.45, 2.75) is 25.7 Å². The Morgan fingerprint density at radius 2 is 1.25 bits per heavy atom. The fourth-order valence-corrected chi connectivity index (χ4v) is 0.850. The number of hydrogen-bond acceptors (Lipinski definition) is 3. The van der Waals surface area contributed by atoms with E-state index in [0.29, 0.717) is 12.8 Å². The molecule has 0 aliphatic heterocycles. The number of Topliss-reactive ketones (excluding diaryl/α,β-unsaturated/α-hetero) is 2. The molecule has 0 unspecified atom stereocenters. The van der Waals surface area contributed by atoms with Crippen molar-refractivity contribution in [1.82, 2.24) is 0 Å². The van der Waals surface area contributed by atoms with E-state index in [1.54, 1.807) is 0 Å². The van der Waals surface area contributed by atoms with Crippen LogP contribution < -0.4 is 0 Å². The molecule has 0 spiro atoms. The molecule has 1 rings (SSSR count). The second-order valence-corrected chi connectivity index (χ2v) is 2.34. The highest BCUT2D eigenvalue weighted by Gasteiger charge is 2.16. The number of carboxylic acid groups (broad SMARTS) is 2. The predicted molar refractivity (Wildman–Crippen MR) is 39.1 cm³/mol. The molecule has 0 aromatic heterocycles. The highest BCUT2D eigenvalue weighted by atomic mass is 16.6. The van der Waals surface area contributed by atoms with E-state index in [2.05, 4.69) is 0 Å². The Morgan fingerprint density at radius 3 is 1.42 bits per heavy atom. The number of carbonyl (C=O) groups is 3. The molecule has 5 nitrogen and oxygen atoms in total. The fourth-order valence-electron chi connectivity index (χ4n) is 0.850. The molecule has 0 bridgehead atoms. The average molecular weight is 174 g/mol. The highest BCUT2D eigenvalue weighted by molar-refractivity contribution is 6.37. The number of hydrogen-bond donors (Lipinski definition) is 2. The minimum absolute atomic E-state index is 0.170. The summed E-state index contributed by atoms with van der Waals surface area (Å²) in [6.45, 7) is 0. The third kappa shape index (κ3) is 5.40. The second kappa shape index (κ2) is 5.29. The summed E-state index contributed by atoms with van der Waals surface area (Å²) in [6, 6.07) is 0. The summed E-state index contributed by atoms with van der Waals surface area (Å²) in [6.07, 6.45) is 0.951. The zero-order valence-corrected chi connectivity index (χ0v) is 6.45.